The van der Waals surface area contributed by atoms with Gasteiger partial charge in [-0.05, 0) is 25.7 Å². The van der Waals surface area contributed by atoms with Crippen LogP contribution in [0.15, 0.2) is 0 Å². The summed E-state index contributed by atoms with van der Waals surface area (Å²) in [6.45, 7) is 4.10. The first-order chi connectivity index (χ1) is 7.79. The monoisotopic (exact) mass is 224 g/mol. The quantitative estimate of drug-likeness (QED) is 0.740. The molecular weight excluding hydrogens is 200 g/mol. The van der Waals surface area contributed by atoms with Crippen LogP contribution in [-0.2, 0) is 4.79 Å². The molecule has 0 aromatic heterocycles. The molecule has 2 atom stereocenters. The molecule has 92 valence electrons. The number of nitrogens with one attached hydrogen (secondary N) is 1. The molecule has 2 saturated heterocycles. The van der Waals surface area contributed by atoms with Crippen molar-refractivity contribution in [3.8, 4) is 0 Å². The zero-order chi connectivity index (χ0) is 11.4. The normalized spacial score (nSPS) is 29.2. The molecule has 2 aliphatic rings. The second-order valence-electron chi connectivity index (χ2n) is 5.22. The van der Waals surface area contributed by atoms with Crippen LogP contribution in [0.2, 0.25) is 0 Å². The van der Waals surface area contributed by atoms with Crippen molar-refractivity contribution in [2.75, 3.05) is 13.1 Å². The number of carbonyl (C=O) groups is 1. The highest BCUT2D eigenvalue weighted by Gasteiger charge is 2.30. The van der Waals surface area contributed by atoms with Crippen LogP contribution in [0.4, 0.5) is 0 Å². The fourth-order valence-corrected chi connectivity index (χ4v) is 2.85. The lowest BCUT2D eigenvalue weighted by atomic mass is 10.1. The van der Waals surface area contributed by atoms with E-state index in [-0.39, 0.29) is 0 Å². The highest BCUT2D eigenvalue weighted by molar-refractivity contribution is 5.76. The molecule has 16 heavy (non-hydrogen) atoms. The predicted molar refractivity (Wildman–Crippen MR) is 65.3 cm³/mol. The molecule has 2 aliphatic heterocycles. The largest absolute Gasteiger partial charge is 0.341 e. The standard InChI is InChI=1S/C13H24N2O/c1-2-3-4-5-13(16)15-9-8-11-6-7-12(10-15)14-11/h11-12,14H,2-10H2,1H3. The van der Waals surface area contributed by atoms with Crippen molar-refractivity contribution in [2.24, 2.45) is 0 Å². The zero-order valence-corrected chi connectivity index (χ0v) is 10.4. The molecule has 0 aromatic carbocycles. The van der Waals surface area contributed by atoms with Crippen LogP contribution < -0.4 is 5.32 Å². The molecule has 0 aliphatic carbocycles. The van der Waals surface area contributed by atoms with Crippen molar-refractivity contribution in [2.45, 2.75) is 64.0 Å². The summed E-state index contributed by atoms with van der Waals surface area (Å²) in [6.07, 6.45) is 7.91. The predicted octanol–water partition coefficient (Wildman–Crippen LogP) is 1.92. The van der Waals surface area contributed by atoms with Gasteiger partial charge in [0.15, 0.2) is 0 Å². The van der Waals surface area contributed by atoms with E-state index < -0.39 is 0 Å². The van der Waals surface area contributed by atoms with Crippen molar-refractivity contribution in [1.29, 1.82) is 0 Å². The van der Waals surface area contributed by atoms with Gasteiger partial charge in [-0.25, -0.2) is 0 Å². The van der Waals surface area contributed by atoms with E-state index in [4.69, 9.17) is 0 Å². The molecule has 2 fully saturated rings. The topological polar surface area (TPSA) is 32.3 Å². The van der Waals surface area contributed by atoms with Gasteiger partial charge in [-0.2, -0.15) is 0 Å². The van der Waals surface area contributed by atoms with Gasteiger partial charge in [0.2, 0.25) is 5.91 Å². The van der Waals surface area contributed by atoms with Crippen molar-refractivity contribution in [3.63, 3.8) is 0 Å². The van der Waals surface area contributed by atoms with E-state index in [1.807, 2.05) is 0 Å². The van der Waals surface area contributed by atoms with E-state index in [0.29, 0.717) is 18.0 Å². The average Bonchev–Trinajstić information content (AvgIpc) is 2.58. The first-order valence-electron chi connectivity index (χ1n) is 6.83. The first-order valence-corrected chi connectivity index (χ1v) is 6.83. The summed E-state index contributed by atoms with van der Waals surface area (Å²) in [7, 11) is 0. The SMILES string of the molecule is CCCCCC(=O)N1CCC2CCC(C1)N2. The summed E-state index contributed by atoms with van der Waals surface area (Å²) in [5.74, 6) is 0.378. The number of likely N-dealkylation sites (tertiary alicyclic amines) is 1. The van der Waals surface area contributed by atoms with Crippen LogP contribution in [0.3, 0.4) is 0 Å². The molecule has 1 amide bonds. The van der Waals surface area contributed by atoms with E-state index >= 15 is 0 Å². The minimum Gasteiger partial charge on any atom is -0.341 e. The molecule has 2 rings (SSSR count). The van der Waals surface area contributed by atoms with Crippen LogP contribution in [0.5, 0.6) is 0 Å². The van der Waals surface area contributed by atoms with Gasteiger partial charge in [-0.15, -0.1) is 0 Å². The third-order valence-electron chi connectivity index (χ3n) is 3.87. The fraction of sp³-hybridized carbons (Fsp3) is 0.923. The molecule has 2 heterocycles. The molecule has 0 spiro atoms. The third-order valence-corrected chi connectivity index (χ3v) is 3.87. The molecule has 2 bridgehead atoms. The Morgan fingerprint density at radius 3 is 2.88 bits per heavy atom. The second kappa shape index (κ2) is 5.67. The van der Waals surface area contributed by atoms with Crippen LogP contribution in [0.25, 0.3) is 0 Å². The van der Waals surface area contributed by atoms with Crippen LogP contribution in [-0.4, -0.2) is 36.0 Å². The molecule has 0 saturated carbocycles. The lowest BCUT2D eigenvalue weighted by Crippen LogP contribution is -2.38. The number of unbranched alkanes of at least 4 members (excludes halogenated alkanes) is 2. The Kier molecular flexibility index (Phi) is 4.22. The Hall–Kier alpha value is -0.570. The Morgan fingerprint density at radius 2 is 2.06 bits per heavy atom. The smallest absolute Gasteiger partial charge is 0.222 e. The number of rotatable bonds is 4. The minimum absolute atomic E-state index is 0.378. The third kappa shape index (κ3) is 2.97. The minimum atomic E-state index is 0.378. The van der Waals surface area contributed by atoms with Crippen LogP contribution >= 0.6 is 0 Å². The van der Waals surface area contributed by atoms with Crippen molar-refractivity contribution in [3.05, 3.63) is 0 Å². The van der Waals surface area contributed by atoms with Gasteiger partial charge >= 0.3 is 0 Å². The summed E-state index contributed by atoms with van der Waals surface area (Å²) < 4.78 is 0. The second-order valence-corrected chi connectivity index (χ2v) is 5.22. The van der Waals surface area contributed by atoms with E-state index in [9.17, 15) is 4.79 Å². The van der Waals surface area contributed by atoms with Gasteiger partial charge in [-0.3, -0.25) is 4.79 Å². The van der Waals surface area contributed by atoms with Gasteiger partial charge in [0, 0.05) is 31.6 Å². The van der Waals surface area contributed by atoms with Gasteiger partial charge in [0.05, 0.1) is 0 Å². The maximum absolute atomic E-state index is 12.0. The van der Waals surface area contributed by atoms with Gasteiger partial charge < -0.3 is 10.2 Å². The molecule has 3 heteroatoms. The summed E-state index contributed by atoms with van der Waals surface area (Å²) >= 11 is 0. The molecule has 0 aromatic rings. The Balaban J connectivity index is 1.78. The van der Waals surface area contributed by atoms with Crippen molar-refractivity contribution in [1.82, 2.24) is 10.2 Å². The number of fused-ring (bicyclic) bond motifs is 2. The highest BCUT2D eigenvalue weighted by atomic mass is 16.2. The lowest BCUT2D eigenvalue weighted by Gasteiger charge is -2.24. The van der Waals surface area contributed by atoms with E-state index in [0.717, 1.165) is 32.4 Å². The Bertz CT molecular complexity index is 242. The van der Waals surface area contributed by atoms with Crippen LogP contribution in [0.1, 0.15) is 51.9 Å². The van der Waals surface area contributed by atoms with Gasteiger partial charge in [-0.1, -0.05) is 19.8 Å². The molecule has 0 radical (unpaired) electrons. The van der Waals surface area contributed by atoms with Crippen LogP contribution in [0, 0.1) is 0 Å². The Morgan fingerprint density at radius 1 is 1.25 bits per heavy atom. The van der Waals surface area contributed by atoms with E-state index in [1.165, 1.54) is 25.7 Å². The lowest BCUT2D eigenvalue weighted by molar-refractivity contribution is -0.131. The van der Waals surface area contributed by atoms with E-state index in [1.54, 1.807) is 0 Å². The summed E-state index contributed by atoms with van der Waals surface area (Å²) in [4.78, 5) is 14.1. The summed E-state index contributed by atoms with van der Waals surface area (Å²) in [5.41, 5.74) is 0. The number of nitrogens with zero attached hydrogens (tertiary/aromatic N) is 1. The number of hydrogen-bond acceptors (Lipinski definition) is 2. The van der Waals surface area contributed by atoms with Crippen molar-refractivity contribution >= 4 is 5.91 Å². The fourth-order valence-electron chi connectivity index (χ4n) is 2.85. The highest BCUT2D eigenvalue weighted by Crippen LogP contribution is 2.21. The Labute approximate surface area is 98.6 Å². The maximum Gasteiger partial charge on any atom is 0.222 e. The van der Waals surface area contributed by atoms with Gasteiger partial charge in [0.1, 0.15) is 0 Å². The van der Waals surface area contributed by atoms with Crippen molar-refractivity contribution < 1.29 is 4.79 Å². The first kappa shape index (κ1) is 11.9. The summed E-state index contributed by atoms with van der Waals surface area (Å²) in [5, 5.41) is 3.61. The zero-order valence-electron chi connectivity index (χ0n) is 10.4. The molecular formula is C13H24N2O. The van der Waals surface area contributed by atoms with Gasteiger partial charge in [0.25, 0.3) is 0 Å². The number of hydrogen-bond donors (Lipinski definition) is 1. The number of carbonyl (C=O) groups excluding carboxylic acids is 1. The summed E-state index contributed by atoms with van der Waals surface area (Å²) in [6, 6.07) is 1.25. The molecule has 1 N–H and O–H groups in total. The molecule has 3 nitrogen and oxygen atoms in total. The number of amides is 1. The average molecular weight is 224 g/mol. The molecule has 2 unspecified atom stereocenters. The van der Waals surface area contributed by atoms with E-state index in [2.05, 4.69) is 17.1 Å². The maximum atomic E-state index is 12.0.